The van der Waals surface area contributed by atoms with Gasteiger partial charge in [0.2, 0.25) is 5.78 Å². The molecule has 0 amide bonds. The van der Waals surface area contributed by atoms with E-state index in [0.717, 1.165) is 57.9 Å². The van der Waals surface area contributed by atoms with Gasteiger partial charge in [-0.25, -0.2) is 4.79 Å². The predicted octanol–water partition coefficient (Wildman–Crippen LogP) is 4.65. The molecular weight excluding hydrogens is 378 g/mol. The van der Waals surface area contributed by atoms with Gasteiger partial charge in [-0.15, -0.1) is 0 Å². The van der Waals surface area contributed by atoms with E-state index < -0.39 is 0 Å². The Balaban J connectivity index is 1.48. The molecule has 0 saturated carbocycles. The number of rotatable bonds is 4. The Morgan fingerprint density at radius 1 is 1.07 bits per heavy atom. The van der Waals surface area contributed by atoms with Crippen LogP contribution < -0.4 is 10.4 Å². The molecule has 2 aromatic carbocycles. The van der Waals surface area contributed by atoms with Crippen LogP contribution in [0.3, 0.4) is 0 Å². The maximum absolute atomic E-state index is 13.0. The summed E-state index contributed by atoms with van der Waals surface area (Å²) in [5.74, 6) is 0.494. The number of hydrogen-bond acceptors (Lipinski definition) is 4. The third-order valence-corrected chi connectivity index (χ3v) is 6.38. The van der Waals surface area contributed by atoms with E-state index >= 15 is 0 Å². The number of aryl methyl sites for hydroxylation is 3. The number of carbonyl (C=O) groups excluding carboxylic acids is 1. The summed E-state index contributed by atoms with van der Waals surface area (Å²) >= 11 is 0. The maximum Gasteiger partial charge on any atom is 0.339 e. The van der Waals surface area contributed by atoms with Crippen LogP contribution in [0.25, 0.3) is 21.9 Å². The van der Waals surface area contributed by atoms with Crippen LogP contribution in [-0.2, 0) is 19.9 Å². The fourth-order valence-electron chi connectivity index (χ4n) is 4.71. The number of aromatic nitrogens is 1. The van der Waals surface area contributed by atoms with Gasteiger partial charge in [-0.3, -0.25) is 4.79 Å². The summed E-state index contributed by atoms with van der Waals surface area (Å²) in [5, 5.41) is 1.91. The van der Waals surface area contributed by atoms with E-state index in [2.05, 4.69) is 0 Å². The van der Waals surface area contributed by atoms with Crippen molar-refractivity contribution >= 4 is 27.7 Å². The second-order valence-corrected chi connectivity index (χ2v) is 8.01. The Labute approximate surface area is 173 Å². The molecule has 0 bridgehead atoms. The minimum absolute atomic E-state index is 0.0702. The number of fused-ring (bicyclic) bond motifs is 4. The lowest BCUT2D eigenvalue weighted by atomic mass is 10.0. The summed E-state index contributed by atoms with van der Waals surface area (Å²) in [4.78, 5) is 25.4. The summed E-state index contributed by atoms with van der Waals surface area (Å²) in [6.07, 6.45) is 2.66. The van der Waals surface area contributed by atoms with Crippen LogP contribution in [0.5, 0.6) is 5.75 Å². The van der Waals surface area contributed by atoms with Gasteiger partial charge in [0.05, 0.1) is 0 Å². The van der Waals surface area contributed by atoms with Crippen LogP contribution >= 0.6 is 0 Å². The molecule has 5 rings (SSSR count). The number of nitrogens with zero attached hydrogens (tertiary/aromatic N) is 1. The molecule has 0 N–H and O–H groups in total. The monoisotopic (exact) mass is 401 g/mol. The smallest absolute Gasteiger partial charge is 0.339 e. The first kappa shape index (κ1) is 18.7. The fourth-order valence-corrected chi connectivity index (χ4v) is 4.71. The molecule has 0 spiro atoms. The largest absolute Gasteiger partial charge is 0.485 e. The lowest BCUT2D eigenvalue weighted by Crippen LogP contribution is -2.14. The Kier molecular flexibility index (Phi) is 4.28. The van der Waals surface area contributed by atoms with E-state index in [1.165, 1.54) is 0 Å². The molecule has 5 heteroatoms. The first-order valence-corrected chi connectivity index (χ1v) is 10.3. The zero-order valence-electron chi connectivity index (χ0n) is 17.4. The summed E-state index contributed by atoms with van der Waals surface area (Å²) < 4.78 is 13.6. The van der Waals surface area contributed by atoms with E-state index in [-0.39, 0.29) is 18.0 Å². The van der Waals surface area contributed by atoms with Gasteiger partial charge in [0.1, 0.15) is 11.3 Å². The van der Waals surface area contributed by atoms with Crippen LogP contribution in [-0.4, -0.2) is 17.0 Å². The molecule has 0 unspecified atom stereocenters. The molecule has 152 valence electrons. The predicted molar refractivity (Wildman–Crippen MR) is 117 cm³/mol. The maximum atomic E-state index is 13.0. The number of hydrogen-bond donors (Lipinski definition) is 0. The molecule has 2 aromatic heterocycles. The normalized spacial score (nSPS) is 13.2. The highest BCUT2D eigenvalue weighted by Gasteiger charge is 2.22. The van der Waals surface area contributed by atoms with E-state index in [9.17, 15) is 9.59 Å². The second-order valence-electron chi connectivity index (χ2n) is 8.01. The van der Waals surface area contributed by atoms with Crippen molar-refractivity contribution in [3.8, 4) is 5.75 Å². The van der Waals surface area contributed by atoms with Crippen LogP contribution in [0.1, 0.15) is 39.2 Å². The van der Waals surface area contributed by atoms with Gasteiger partial charge in [0.15, 0.2) is 6.61 Å². The van der Waals surface area contributed by atoms with Crippen molar-refractivity contribution in [2.75, 3.05) is 6.61 Å². The van der Waals surface area contributed by atoms with Crippen molar-refractivity contribution in [1.82, 2.24) is 4.57 Å². The molecule has 0 radical (unpaired) electrons. The third-order valence-electron chi connectivity index (χ3n) is 6.38. The number of ether oxygens (including phenoxy) is 1. The van der Waals surface area contributed by atoms with Gasteiger partial charge in [-0.1, -0.05) is 18.2 Å². The van der Waals surface area contributed by atoms with Crippen LogP contribution in [0.15, 0.2) is 45.6 Å². The first-order valence-electron chi connectivity index (χ1n) is 10.3. The summed E-state index contributed by atoms with van der Waals surface area (Å²) in [5.41, 5.74) is 5.59. The van der Waals surface area contributed by atoms with Gasteiger partial charge >= 0.3 is 5.63 Å². The average Bonchev–Trinajstić information content (AvgIpc) is 3.33. The number of ketones is 1. The molecule has 0 fully saturated rings. The fraction of sp³-hybridized carbons (Fsp3) is 0.280. The zero-order valence-corrected chi connectivity index (χ0v) is 17.4. The first-order chi connectivity index (χ1) is 14.5. The minimum atomic E-state index is -0.252. The molecule has 30 heavy (non-hydrogen) atoms. The van der Waals surface area contributed by atoms with Gasteiger partial charge in [-0.05, 0) is 56.9 Å². The van der Waals surface area contributed by atoms with E-state index in [4.69, 9.17) is 9.15 Å². The standard InChI is InChI=1S/C25H23NO4/c1-14-22(12-11-17-16-8-6-9-18(16)25(28)30-24(14)17)29-13-21(27)23-15(2)26(3)20-10-5-4-7-19(20)23/h4-5,7,10-12H,6,8-9,13H2,1-3H3. The molecule has 0 aliphatic heterocycles. The van der Waals surface area contributed by atoms with Crippen molar-refractivity contribution in [3.05, 3.63) is 74.8 Å². The number of benzene rings is 2. The third kappa shape index (κ3) is 2.69. The highest BCUT2D eigenvalue weighted by atomic mass is 16.5. The highest BCUT2D eigenvalue weighted by Crippen LogP contribution is 2.33. The lowest BCUT2D eigenvalue weighted by molar-refractivity contribution is 0.0922. The number of para-hydroxylation sites is 1. The zero-order chi connectivity index (χ0) is 21.0. The van der Waals surface area contributed by atoms with Crippen LogP contribution in [0, 0.1) is 13.8 Å². The lowest BCUT2D eigenvalue weighted by Gasteiger charge is -2.12. The average molecular weight is 401 g/mol. The van der Waals surface area contributed by atoms with Gasteiger partial charge in [0, 0.05) is 45.7 Å². The Bertz CT molecular complexity index is 1390. The molecule has 1 aliphatic carbocycles. The second kappa shape index (κ2) is 6.87. The number of carbonyl (C=O) groups is 1. The quantitative estimate of drug-likeness (QED) is 0.369. The van der Waals surface area contributed by atoms with Crippen molar-refractivity contribution in [1.29, 1.82) is 0 Å². The molecule has 2 heterocycles. The van der Waals surface area contributed by atoms with E-state index in [0.29, 0.717) is 16.9 Å². The van der Waals surface area contributed by atoms with Crippen LogP contribution in [0.4, 0.5) is 0 Å². The molecule has 5 nitrogen and oxygen atoms in total. The topological polar surface area (TPSA) is 61.4 Å². The molecule has 4 aromatic rings. The van der Waals surface area contributed by atoms with Crippen molar-refractivity contribution in [3.63, 3.8) is 0 Å². The van der Waals surface area contributed by atoms with Crippen molar-refractivity contribution < 1.29 is 13.9 Å². The summed E-state index contributed by atoms with van der Waals surface area (Å²) in [6.45, 7) is 3.75. The Morgan fingerprint density at radius 3 is 2.67 bits per heavy atom. The van der Waals surface area contributed by atoms with Crippen LogP contribution in [0.2, 0.25) is 0 Å². The van der Waals surface area contributed by atoms with Crippen molar-refractivity contribution in [2.24, 2.45) is 7.05 Å². The van der Waals surface area contributed by atoms with E-state index in [1.807, 2.05) is 61.9 Å². The summed E-state index contributed by atoms with van der Waals surface area (Å²) in [7, 11) is 1.96. The van der Waals surface area contributed by atoms with Gasteiger partial charge < -0.3 is 13.7 Å². The van der Waals surface area contributed by atoms with Gasteiger partial charge in [0.25, 0.3) is 0 Å². The Hall–Kier alpha value is -3.34. The van der Waals surface area contributed by atoms with E-state index in [1.54, 1.807) is 0 Å². The highest BCUT2D eigenvalue weighted by molar-refractivity contribution is 6.10. The molecule has 0 saturated heterocycles. The molecular formula is C25H23NO4. The SMILES string of the molecule is Cc1c(OCC(=O)c2c(C)n(C)c3ccccc23)ccc2c3c(c(=O)oc12)CCC3. The molecule has 0 atom stereocenters. The number of Topliss-reactive ketones (excluding diaryl/α,β-unsaturated/α-hetero) is 1. The van der Waals surface area contributed by atoms with Gasteiger partial charge in [-0.2, -0.15) is 0 Å². The summed E-state index contributed by atoms with van der Waals surface area (Å²) in [6, 6.07) is 11.7. The molecule has 1 aliphatic rings. The van der Waals surface area contributed by atoms with Crippen molar-refractivity contribution in [2.45, 2.75) is 33.1 Å². The Morgan fingerprint density at radius 2 is 1.83 bits per heavy atom. The minimum Gasteiger partial charge on any atom is -0.485 e.